The molecule has 2 heterocycles. The number of hydrogen-bond acceptors (Lipinski definition) is 7. The van der Waals surface area contributed by atoms with Gasteiger partial charge in [-0.25, -0.2) is 9.79 Å². The molecule has 0 aliphatic carbocycles. The highest BCUT2D eigenvalue weighted by atomic mass is 32.1. The predicted molar refractivity (Wildman–Crippen MR) is 109 cm³/mol. The lowest BCUT2D eigenvalue weighted by atomic mass is 10.2. The standard InChI is InChI=1S/C21H14N2O5S/c24-21-18(22-20(28-21)19-2-1-11-29-19)12-14-5-9-17(10-6-14)27-13-15-3-7-16(8-4-15)23(25)26/h1-12H,13H2. The zero-order valence-electron chi connectivity index (χ0n) is 15.0. The van der Waals surface area contributed by atoms with E-state index in [2.05, 4.69) is 4.99 Å². The number of nitro groups is 1. The number of nitrogens with zero attached hydrogens (tertiary/aromatic N) is 2. The van der Waals surface area contributed by atoms with E-state index in [0.29, 0.717) is 18.3 Å². The van der Waals surface area contributed by atoms with Crippen LogP contribution in [0.15, 0.2) is 76.7 Å². The highest BCUT2D eigenvalue weighted by Crippen LogP contribution is 2.23. The Morgan fingerprint density at radius 3 is 2.52 bits per heavy atom. The molecule has 1 aromatic heterocycles. The number of rotatable bonds is 6. The normalized spacial score (nSPS) is 14.6. The van der Waals surface area contributed by atoms with Gasteiger partial charge in [-0.3, -0.25) is 10.1 Å². The first-order chi connectivity index (χ1) is 14.1. The van der Waals surface area contributed by atoms with Gasteiger partial charge < -0.3 is 9.47 Å². The molecule has 29 heavy (non-hydrogen) atoms. The lowest BCUT2D eigenvalue weighted by Crippen LogP contribution is -2.03. The molecule has 1 aliphatic rings. The molecule has 0 fully saturated rings. The fraction of sp³-hybridized carbons (Fsp3) is 0.0476. The lowest BCUT2D eigenvalue weighted by Gasteiger charge is -2.06. The summed E-state index contributed by atoms with van der Waals surface area (Å²) in [6.45, 7) is 0.291. The summed E-state index contributed by atoms with van der Waals surface area (Å²) in [4.78, 5) is 27.3. The minimum absolute atomic E-state index is 0.0430. The van der Waals surface area contributed by atoms with E-state index in [1.807, 2.05) is 29.6 Å². The van der Waals surface area contributed by atoms with Crippen molar-refractivity contribution in [3.63, 3.8) is 0 Å². The first-order valence-corrected chi connectivity index (χ1v) is 9.49. The topological polar surface area (TPSA) is 91.0 Å². The van der Waals surface area contributed by atoms with Crippen LogP contribution in [0.4, 0.5) is 5.69 Å². The van der Waals surface area contributed by atoms with Crippen molar-refractivity contribution in [3.05, 3.63) is 97.9 Å². The number of nitro benzene ring substituents is 1. The van der Waals surface area contributed by atoms with E-state index >= 15 is 0 Å². The number of non-ortho nitro benzene ring substituents is 1. The quantitative estimate of drug-likeness (QED) is 0.259. The number of thiophene rings is 1. The second-order valence-corrected chi connectivity index (χ2v) is 7.04. The van der Waals surface area contributed by atoms with Crippen molar-refractivity contribution in [2.45, 2.75) is 6.61 Å². The molecule has 0 N–H and O–H groups in total. The van der Waals surface area contributed by atoms with Crippen molar-refractivity contribution in [3.8, 4) is 5.75 Å². The lowest BCUT2D eigenvalue weighted by molar-refractivity contribution is -0.384. The number of benzene rings is 2. The molecule has 0 unspecified atom stereocenters. The van der Waals surface area contributed by atoms with Gasteiger partial charge in [0.1, 0.15) is 12.4 Å². The van der Waals surface area contributed by atoms with E-state index in [1.54, 1.807) is 30.3 Å². The molecule has 0 saturated carbocycles. The summed E-state index contributed by atoms with van der Waals surface area (Å²) in [5, 5.41) is 12.6. The second kappa shape index (κ2) is 8.07. The number of aliphatic imine (C=N–C) groups is 1. The molecule has 0 amide bonds. The average molecular weight is 406 g/mol. The Morgan fingerprint density at radius 1 is 1.10 bits per heavy atom. The van der Waals surface area contributed by atoms with Crippen molar-refractivity contribution in [1.82, 2.24) is 0 Å². The number of cyclic esters (lactones) is 1. The maximum absolute atomic E-state index is 12.0. The maximum Gasteiger partial charge on any atom is 0.363 e. The molecule has 0 bridgehead atoms. The van der Waals surface area contributed by atoms with E-state index in [1.165, 1.54) is 23.5 Å². The average Bonchev–Trinajstić information content (AvgIpc) is 3.38. The van der Waals surface area contributed by atoms with Crippen LogP contribution in [0.25, 0.3) is 6.08 Å². The Bertz CT molecular complexity index is 1100. The van der Waals surface area contributed by atoms with Gasteiger partial charge in [-0.1, -0.05) is 18.2 Å². The molecule has 7 nitrogen and oxygen atoms in total. The third kappa shape index (κ3) is 4.39. The monoisotopic (exact) mass is 406 g/mol. The van der Waals surface area contributed by atoms with Crippen molar-refractivity contribution < 1.29 is 19.2 Å². The molecular formula is C21H14N2O5S. The number of hydrogen-bond donors (Lipinski definition) is 0. The van der Waals surface area contributed by atoms with Crippen LogP contribution in [-0.2, 0) is 16.1 Å². The van der Waals surface area contributed by atoms with Crippen molar-refractivity contribution >= 4 is 35.0 Å². The molecule has 1 aliphatic heterocycles. The fourth-order valence-corrected chi connectivity index (χ4v) is 3.26. The summed E-state index contributed by atoms with van der Waals surface area (Å²) >= 11 is 1.45. The largest absolute Gasteiger partial charge is 0.489 e. The first kappa shape index (κ1) is 18.6. The molecular weight excluding hydrogens is 392 g/mol. The van der Waals surface area contributed by atoms with Crippen molar-refractivity contribution in [1.29, 1.82) is 0 Å². The van der Waals surface area contributed by atoms with E-state index < -0.39 is 10.9 Å². The van der Waals surface area contributed by atoms with Crippen LogP contribution < -0.4 is 4.74 Å². The Balaban J connectivity index is 1.41. The predicted octanol–water partition coefficient (Wildman–Crippen LogP) is 4.58. The highest BCUT2D eigenvalue weighted by Gasteiger charge is 2.24. The minimum atomic E-state index is -0.480. The minimum Gasteiger partial charge on any atom is -0.489 e. The van der Waals surface area contributed by atoms with Gasteiger partial charge in [0, 0.05) is 12.1 Å². The van der Waals surface area contributed by atoms with E-state index in [4.69, 9.17) is 9.47 Å². The number of ether oxygens (including phenoxy) is 2. The second-order valence-electron chi connectivity index (χ2n) is 6.09. The fourth-order valence-electron chi connectivity index (χ4n) is 2.61. The number of carbonyl (C=O) groups is 1. The SMILES string of the molecule is O=C1OC(c2cccs2)=NC1=Cc1ccc(OCc2ccc([N+](=O)[O-])cc2)cc1. The molecule has 0 saturated heterocycles. The Hall–Kier alpha value is -3.78. The van der Waals surface area contributed by atoms with Gasteiger partial charge in [0.2, 0.25) is 5.90 Å². The van der Waals surface area contributed by atoms with Gasteiger partial charge in [-0.05, 0) is 52.9 Å². The Morgan fingerprint density at radius 2 is 1.86 bits per heavy atom. The van der Waals surface area contributed by atoms with Crippen LogP contribution in [0.1, 0.15) is 16.0 Å². The maximum atomic E-state index is 12.0. The van der Waals surface area contributed by atoms with Crippen LogP contribution in [-0.4, -0.2) is 16.8 Å². The summed E-state index contributed by atoms with van der Waals surface area (Å²) in [5.74, 6) is 0.480. The van der Waals surface area contributed by atoms with Gasteiger partial charge in [0.15, 0.2) is 5.70 Å². The molecule has 144 valence electrons. The molecule has 0 radical (unpaired) electrons. The van der Waals surface area contributed by atoms with E-state index in [-0.39, 0.29) is 11.4 Å². The third-order valence-electron chi connectivity index (χ3n) is 4.09. The highest BCUT2D eigenvalue weighted by molar-refractivity contribution is 7.12. The van der Waals surface area contributed by atoms with E-state index in [9.17, 15) is 14.9 Å². The summed E-state index contributed by atoms with van der Waals surface area (Å²) in [6.07, 6.45) is 1.66. The molecule has 3 aromatic rings. The molecule has 4 rings (SSSR count). The van der Waals surface area contributed by atoms with Crippen LogP contribution in [0.5, 0.6) is 5.75 Å². The summed E-state index contributed by atoms with van der Waals surface area (Å²) in [6, 6.07) is 17.1. The third-order valence-corrected chi connectivity index (χ3v) is 4.95. The molecule has 0 spiro atoms. The summed E-state index contributed by atoms with van der Waals surface area (Å²) in [5.41, 5.74) is 1.90. The molecule has 8 heteroatoms. The van der Waals surface area contributed by atoms with Gasteiger partial charge in [-0.15, -0.1) is 11.3 Å². The Kier molecular flexibility index (Phi) is 5.17. The van der Waals surface area contributed by atoms with Crippen LogP contribution in [0, 0.1) is 10.1 Å². The van der Waals surface area contributed by atoms with Gasteiger partial charge in [0.25, 0.3) is 5.69 Å². The van der Waals surface area contributed by atoms with Gasteiger partial charge >= 0.3 is 5.97 Å². The zero-order valence-corrected chi connectivity index (χ0v) is 15.8. The summed E-state index contributed by atoms with van der Waals surface area (Å²) in [7, 11) is 0. The zero-order chi connectivity index (χ0) is 20.2. The van der Waals surface area contributed by atoms with Crippen molar-refractivity contribution in [2.75, 3.05) is 0 Å². The van der Waals surface area contributed by atoms with Crippen LogP contribution in [0.2, 0.25) is 0 Å². The number of carbonyl (C=O) groups excluding carboxylic acids is 1. The van der Waals surface area contributed by atoms with Crippen LogP contribution in [0.3, 0.4) is 0 Å². The summed E-state index contributed by atoms with van der Waals surface area (Å²) < 4.78 is 10.9. The van der Waals surface area contributed by atoms with Gasteiger partial charge in [-0.2, -0.15) is 0 Å². The molecule has 2 aromatic carbocycles. The Labute approximate surface area is 169 Å². The smallest absolute Gasteiger partial charge is 0.363 e. The van der Waals surface area contributed by atoms with Gasteiger partial charge in [0.05, 0.1) is 9.80 Å². The number of esters is 1. The van der Waals surface area contributed by atoms with Crippen molar-refractivity contribution in [2.24, 2.45) is 4.99 Å². The van der Waals surface area contributed by atoms with Crippen LogP contribution >= 0.6 is 11.3 Å². The first-order valence-electron chi connectivity index (χ1n) is 8.61. The molecule has 0 atom stereocenters. The van der Waals surface area contributed by atoms with E-state index in [0.717, 1.165) is 16.0 Å².